The Labute approximate surface area is 168 Å². The molecule has 3 aromatic carbocycles. The van der Waals surface area contributed by atoms with Gasteiger partial charge in [-0.25, -0.2) is 17.2 Å². The Kier molecular flexibility index (Phi) is 7.95. The third-order valence-electron chi connectivity index (χ3n) is 3.62. The number of aromatic nitrogens is 1. The maximum absolute atomic E-state index is 4.45. The first-order valence-corrected chi connectivity index (χ1v) is 8.17. The normalized spacial score (nSPS) is 10.0. The average molecular weight is 513 g/mol. The first-order valence-electron chi connectivity index (χ1n) is 8.17. The molecule has 0 aliphatic carbocycles. The van der Waals surface area contributed by atoms with Crippen LogP contribution in [0, 0.1) is 18.2 Å². The minimum Gasteiger partial charge on any atom is -0.344 e. The number of pyridine rings is 1. The molecule has 0 fully saturated rings. The molecule has 0 N–H and O–H groups in total. The van der Waals surface area contributed by atoms with Crippen LogP contribution < -0.4 is 0 Å². The van der Waals surface area contributed by atoms with Crippen LogP contribution in [0.3, 0.4) is 0 Å². The van der Waals surface area contributed by atoms with Crippen LogP contribution in [0.4, 0.5) is 0 Å². The van der Waals surface area contributed by atoms with Gasteiger partial charge in [0.2, 0.25) is 0 Å². The molecule has 128 valence electrons. The van der Waals surface area contributed by atoms with E-state index in [9.17, 15) is 0 Å². The monoisotopic (exact) mass is 513 g/mol. The number of rotatable bonds is 2. The molecule has 1 aromatic heterocycles. The van der Waals surface area contributed by atoms with Crippen molar-refractivity contribution in [3.63, 3.8) is 0 Å². The van der Waals surface area contributed by atoms with Gasteiger partial charge in [-0.1, -0.05) is 30.0 Å². The topological polar surface area (TPSA) is 12.9 Å². The molecule has 4 aromatic rings. The maximum atomic E-state index is 4.45. The average Bonchev–Trinajstić information content (AvgIpc) is 2.70. The van der Waals surface area contributed by atoms with Crippen LogP contribution in [-0.2, 0) is 20.1 Å². The van der Waals surface area contributed by atoms with E-state index in [1.807, 2.05) is 85.8 Å². The van der Waals surface area contributed by atoms with Crippen molar-refractivity contribution in [1.29, 1.82) is 0 Å². The Bertz CT molecular complexity index is 910. The van der Waals surface area contributed by atoms with E-state index in [1.165, 1.54) is 5.39 Å². The number of nitrogens with zero attached hydrogens (tertiary/aromatic N) is 1. The predicted molar refractivity (Wildman–Crippen MR) is 105 cm³/mol. The summed E-state index contributed by atoms with van der Waals surface area (Å²) in [6.07, 6.45) is 4.84. The summed E-state index contributed by atoms with van der Waals surface area (Å²) < 4.78 is 0. The summed E-state index contributed by atoms with van der Waals surface area (Å²) in [4.78, 5) is 4.45. The number of fused-ring (bicyclic) bond motifs is 1. The van der Waals surface area contributed by atoms with Crippen LogP contribution in [0.1, 0.15) is 12.6 Å². The van der Waals surface area contributed by atoms with Gasteiger partial charge in [0.15, 0.2) is 0 Å². The van der Waals surface area contributed by atoms with Crippen molar-refractivity contribution in [3.05, 3.63) is 109 Å². The smallest absolute Gasteiger partial charge is 0.344 e. The standard InChI is InChI=1S/C12H10N.C12H8.Ir/c1-2-5-11-9-8-10-6-3-4-7-12(10)13-11;1-3-7-11(8-4-1)12-9-5-2-6-10-12;/h3-9H,1H3;1-7,9H;/q-1;-2;+3. The Morgan fingerprint density at radius 1 is 0.769 bits per heavy atom. The zero-order valence-electron chi connectivity index (χ0n) is 14.4. The van der Waals surface area contributed by atoms with E-state index < -0.39 is 0 Å². The molecule has 1 nitrogen and oxygen atoms in total. The molecule has 1 heterocycles. The van der Waals surface area contributed by atoms with E-state index in [4.69, 9.17) is 0 Å². The van der Waals surface area contributed by atoms with Gasteiger partial charge < -0.3 is 4.98 Å². The molecule has 0 unspecified atom stereocenters. The number of benzene rings is 3. The van der Waals surface area contributed by atoms with Gasteiger partial charge in [0, 0.05) is 5.52 Å². The van der Waals surface area contributed by atoms with Crippen molar-refractivity contribution in [2.45, 2.75) is 6.92 Å². The van der Waals surface area contributed by atoms with Crippen molar-refractivity contribution >= 4 is 17.0 Å². The molecular weight excluding hydrogens is 494 g/mol. The summed E-state index contributed by atoms with van der Waals surface area (Å²) >= 11 is 0. The van der Waals surface area contributed by atoms with E-state index in [1.54, 1.807) is 0 Å². The third kappa shape index (κ3) is 5.49. The van der Waals surface area contributed by atoms with Crippen molar-refractivity contribution in [2.24, 2.45) is 0 Å². The van der Waals surface area contributed by atoms with Gasteiger partial charge in [-0.15, -0.1) is 25.1 Å². The van der Waals surface area contributed by atoms with Gasteiger partial charge in [-0.2, -0.15) is 48.5 Å². The molecule has 0 radical (unpaired) electrons. The van der Waals surface area contributed by atoms with Crippen LogP contribution in [0.5, 0.6) is 0 Å². The summed E-state index contributed by atoms with van der Waals surface area (Å²) in [5.41, 5.74) is 4.18. The first-order chi connectivity index (χ1) is 12.4. The molecule has 0 bridgehead atoms. The fraction of sp³-hybridized carbons (Fsp3) is 0.0417. The molecular formula is C24H18IrN. The van der Waals surface area contributed by atoms with Crippen molar-refractivity contribution < 1.29 is 20.1 Å². The second kappa shape index (κ2) is 10.5. The van der Waals surface area contributed by atoms with Crippen molar-refractivity contribution in [3.8, 4) is 11.1 Å². The van der Waals surface area contributed by atoms with E-state index in [2.05, 4.69) is 35.3 Å². The predicted octanol–water partition coefficient (Wildman–Crippen LogP) is 6.02. The zero-order chi connectivity index (χ0) is 17.3. The SMILES string of the molecule is C[C-]=Cc1ccc2ccccc2n1.[Ir+3].[c-]1ccccc1-c1[c-]cccc1. The summed E-state index contributed by atoms with van der Waals surface area (Å²) in [6.45, 7) is 1.87. The quantitative estimate of drug-likeness (QED) is 0.299. The largest absolute Gasteiger partial charge is 3.00 e. The molecule has 0 spiro atoms. The van der Waals surface area contributed by atoms with Gasteiger partial charge in [-0.3, -0.25) is 6.08 Å². The van der Waals surface area contributed by atoms with E-state index in [0.29, 0.717) is 0 Å². The van der Waals surface area contributed by atoms with Crippen LogP contribution in [0.25, 0.3) is 28.1 Å². The first kappa shape index (κ1) is 19.8. The Morgan fingerprint density at radius 2 is 1.38 bits per heavy atom. The molecule has 0 saturated carbocycles. The fourth-order valence-corrected chi connectivity index (χ4v) is 2.43. The minimum atomic E-state index is 0. The van der Waals surface area contributed by atoms with Crippen molar-refractivity contribution in [2.75, 3.05) is 0 Å². The van der Waals surface area contributed by atoms with Crippen LogP contribution in [-0.4, -0.2) is 4.98 Å². The van der Waals surface area contributed by atoms with Gasteiger partial charge in [0.1, 0.15) is 0 Å². The second-order valence-corrected chi connectivity index (χ2v) is 5.41. The third-order valence-corrected chi connectivity index (χ3v) is 3.62. The zero-order valence-corrected chi connectivity index (χ0v) is 16.8. The Hall–Kier alpha value is -2.54. The molecule has 0 aliphatic rings. The van der Waals surface area contributed by atoms with Crippen molar-refractivity contribution in [1.82, 2.24) is 4.98 Å². The molecule has 2 heteroatoms. The van der Waals surface area contributed by atoms with Gasteiger partial charge >= 0.3 is 20.1 Å². The molecule has 0 aliphatic heterocycles. The van der Waals surface area contributed by atoms with Crippen LogP contribution >= 0.6 is 0 Å². The number of hydrogen-bond donors (Lipinski definition) is 0. The van der Waals surface area contributed by atoms with E-state index in [0.717, 1.165) is 22.3 Å². The second-order valence-electron chi connectivity index (χ2n) is 5.41. The summed E-state index contributed by atoms with van der Waals surface area (Å²) in [5, 5.41) is 1.18. The Morgan fingerprint density at radius 3 is 1.96 bits per heavy atom. The van der Waals surface area contributed by atoms with Gasteiger partial charge in [0.05, 0.1) is 0 Å². The van der Waals surface area contributed by atoms with Crippen LogP contribution in [0.15, 0.2) is 84.9 Å². The maximum Gasteiger partial charge on any atom is 3.00 e. The van der Waals surface area contributed by atoms with Crippen LogP contribution in [0.2, 0.25) is 0 Å². The van der Waals surface area contributed by atoms with Gasteiger partial charge in [-0.05, 0) is 11.5 Å². The minimum absolute atomic E-state index is 0. The Balaban J connectivity index is 0.000000180. The van der Waals surface area contributed by atoms with Gasteiger partial charge in [0.25, 0.3) is 0 Å². The fourth-order valence-electron chi connectivity index (χ4n) is 2.43. The van der Waals surface area contributed by atoms with E-state index >= 15 is 0 Å². The molecule has 0 saturated heterocycles. The molecule has 0 amide bonds. The number of allylic oxidation sites excluding steroid dienone is 1. The molecule has 26 heavy (non-hydrogen) atoms. The summed E-state index contributed by atoms with van der Waals surface area (Å²) in [5.74, 6) is 0. The number of para-hydroxylation sites is 1. The summed E-state index contributed by atoms with van der Waals surface area (Å²) in [6, 6.07) is 34.3. The summed E-state index contributed by atoms with van der Waals surface area (Å²) in [7, 11) is 0. The number of hydrogen-bond acceptors (Lipinski definition) is 1. The van der Waals surface area contributed by atoms with E-state index in [-0.39, 0.29) is 20.1 Å². The molecule has 0 atom stereocenters. The molecule has 4 rings (SSSR count).